The molecular weight excluding hydrogens is 200 g/mol. The van der Waals surface area contributed by atoms with E-state index in [0.29, 0.717) is 12.4 Å². The largest absolute Gasteiger partial charge is 0.390 e. The summed E-state index contributed by atoms with van der Waals surface area (Å²) in [5, 5.41) is 14.7. The molecule has 0 fully saturated rings. The molecule has 0 saturated carbocycles. The summed E-state index contributed by atoms with van der Waals surface area (Å²) >= 11 is 1.59. The van der Waals surface area contributed by atoms with Gasteiger partial charge in [0, 0.05) is 19.9 Å². The minimum absolute atomic E-state index is 0.379. The van der Waals surface area contributed by atoms with Gasteiger partial charge in [0.1, 0.15) is 0 Å². The molecular formula is C9H16N2O2S. The molecule has 14 heavy (non-hydrogen) atoms. The Labute approximate surface area is 88.3 Å². The van der Waals surface area contributed by atoms with E-state index in [9.17, 15) is 5.11 Å². The van der Waals surface area contributed by atoms with Crippen LogP contribution in [-0.4, -0.2) is 40.5 Å². The van der Waals surface area contributed by atoms with Crippen LogP contribution in [0.5, 0.6) is 0 Å². The van der Waals surface area contributed by atoms with Gasteiger partial charge in [-0.3, -0.25) is 4.68 Å². The van der Waals surface area contributed by atoms with Crippen molar-refractivity contribution in [2.75, 3.05) is 19.5 Å². The number of hydrogen-bond acceptors (Lipinski definition) is 4. The molecule has 1 heterocycles. The number of aryl methyl sites for hydroxylation is 2. The first-order valence-electron chi connectivity index (χ1n) is 4.44. The normalized spacial score (nSPS) is 13.1. The molecule has 0 saturated heterocycles. The summed E-state index contributed by atoms with van der Waals surface area (Å²) in [5.74, 6) is 0.632. The van der Waals surface area contributed by atoms with Crippen molar-refractivity contribution in [1.29, 1.82) is 0 Å². The van der Waals surface area contributed by atoms with Crippen molar-refractivity contribution in [3.63, 3.8) is 0 Å². The Morgan fingerprint density at radius 3 is 2.93 bits per heavy atom. The first-order chi connectivity index (χ1) is 6.63. The molecule has 0 aliphatic heterocycles. The van der Waals surface area contributed by atoms with E-state index in [1.54, 1.807) is 18.9 Å². The highest BCUT2D eigenvalue weighted by molar-refractivity contribution is 7.99. The van der Waals surface area contributed by atoms with Gasteiger partial charge in [0.2, 0.25) is 0 Å². The lowest BCUT2D eigenvalue weighted by Crippen LogP contribution is -2.16. The molecule has 1 rings (SSSR count). The molecule has 0 amide bonds. The number of hydrogen-bond donors (Lipinski definition) is 1. The van der Waals surface area contributed by atoms with Crippen LogP contribution in [0.2, 0.25) is 0 Å². The highest BCUT2D eigenvalue weighted by Crippen LogP contribution is 2.18. The molecule has 0 aliphatic rings. The average molecular weight is 216 g/mol. The topological polar surface area (TPSA) is 47.3 Å². The molecule has 1 aromatic heterocycles. The highest BCUT2D eigenvalue weighted by atomic mass is 32.2. The maximum absolute atomic E-state index is 9.43. The highest BCUT2D eigenvalue weighted by Gasteiger charge is 2.07. The molecule has 1 aromatic rings. The fraction of sp³-hybridized carbons (Fsp3) is 0.667. The summed E-state index contributed by atoms with van der Waals surface area (Å²) in [6.45, 7) is 2.33. The lowest BCUT2D eigenvalue weighted by atomic mass is 10.4. The molecule has 1 unspecified atom stereocenters. The van der Waals surface area contributed by atoms with Crippen molar-refractivity contribution < 1.29 is 9.84 Å². The number of rotatable bonds is 5. The van der Waals surface area contributed by atoms with E-state index in [1.807, 2.05) is 24.7 Å². The molecule has 5 heteroatoms. The van der Waals surface area contributed by atoms with Gasteiger partial charge in [-0.1, -0.05) is 0 Å². The molecule has 80 valence electrons. The Kier molecular flexibility index (Phi) is 4.44. The summed E-state index contributed by atoms with van der Waals surface area (Å²) in [6.07, 6.45) is -0.416. The van der Waals surface area contributed by atoms with Gasteiger partial charge >= 0.3 is 0 Å². The predicted octanol–water partition coefficient (Wildman–Crippen LogP) is 0.828. The molecule has 0 aliphatic carbocycles. The Bertz CT molecular complexity index is 288. The van der Waals surface area contributed by atoms with Crippen molar-refractivity contribution >= 4 is 11.8 Å². The van der Waals surface area contributed by atoms with Crippen LogP contribution in [0.4, 0.5) is 0 Å². The van der Waals surface area contributed by atoms with Crippen LogP contribution in [-0.2, 0) is 11.8 Å². The number of ether oxygens (including phenoxy) is 1. The number of aliphatic hydroxyl groups is 1. The molecule has 0 aromatic carbocycles. The third-order valence-corrected chi connectivity index (χ3v) is 2.97. The molecule has 4 nitrogen and oxygen atoms in total. The van der Waals surface area contributed by atoms with Crippen LogP contribution in [0.3, 0.4) is 0 Å². The van der Waals surface area contributed by atoms with Crippen LogP contribution in [0, 0.1) is 6.92 Å². The number of aromatic nitrogens is 2. The third kappa shape index (κ3) is 3.32. The van der Waals surface area contributed by atoms with Crippen LogP contribution >= 0.6 is 11.8 Å². The zero-order chi connectivity index (χ0) is 10.6. The number of aliphatic hydroxyl groups excluding tert-OH is 1. The number of methoxy groups -OCH3 is 1. The zero-order valence-corrected chi connectivity index (χ0v) is 9.54. The fourth-order valence-corrected chi connectivity index (χ4v) is 2.08. The fourth-order valence-electron chi connectivity index (χ4n) is 1.14. The first kappa shape index (κ1) is 11.6. The van der Waals surface area contributed by atoms with E-state index in [2.05, 4.69) is 5.10 Å². The van der Waals surface area contributed by atoms with Gasteiger partial charge in [-0.2, -0.15) is 5.10 Å². The molecule has 1 N–H and O–H groups in total. The van der Waals surface area contributed by atoms with Gasteiger partial charge < -0.3 is 9.84 Å². The monoisotopic (exact) mass is 216 g/mol. The maximum atomic E-state index is 9.43. The molecule has 0 bridgehead atoms. The predicted molar refractivity (Wildman–Crippen MR) is 56.6 cm³/mol. The summed E-state index contributed by atoms with van der Waals surface area (Å²) in [4.78, 5) is 0. The SMILES string of the molecule is COCC(O)CSc1cc(C)nn1C. The van der Waals surface area contributed by atoms with Crippen LogP contribution in [0.15, 0.2) is 11.1 Å². The van der Waals surface area contributed by atoms with Gasteiger partial charge in [-0.25, -0.2) is 0 Å². The molecule has 1 atom stereocenters. The summed E-state index contributed by atoms with van der Waals surface area (Å²) in [7, 11) is 3.49. The van der Waals surface area contributed by atoms with Gasteiger partial charge in [-0.05, 0) is 13.0 Å². The van der Waals surface area contributed by atoms with E-state index in [4.69, 9.17) is 4.74 Å². The molecule has 0 radical (unpaired) electrons. The smallest absolute Gasteiger partial charge is 0.0940 e. The minimum Gasteiger partial charge on any atom is -0.390 e. The lowest BCUT2D eigenvalue weighted by Gasteiger charge is -2.08. The van der Waals surface area contributed by atoms with Crippen LogP contribution in [0.25, 0.3) is 0 Å². The second-order valence-corrected chi connectivity index (χ2v) is 4.21. The first-order valence-corrected chi connectivity index (χ1v) is 5.42. The maximum Gasteiger partial charge on any atom is 0.0940 e. The minimum atomic E-state index is -0.416. The van der Waals surface area contributed by atoms with E-state index in [-0.39, 0.29) is 0 Å². The lowest BCUT2D eigenvalue weighted by molar-refractivity contribution is 0.0794. The van der Waals surface area contributed by atoms with Crippen molar-refractivity contribution in [3.8, 4) is 0 Å². The van der Waals surface area contributed by atoms with E-state index in [1.165, 1.54) is 0 Å². The summed E-state index contributed by atoms with van der Waals surface area (Å²) < 4.78 is 6.66. The van der Waals surface area contributed by atoms with Crippen molar-refractivity contribution in [2.24, 2.45) is 7.05 Å². The van der Waals surface area contributed by atoms with Gasteiger partial charge in [0.15, 0.2) is 0 Å². The van der Waals surface area contributed by atoms with Crippen molar-refractivity contribution in [2.45, 2.75) is 18.1 Å². The third-order valence-electron chi connectivity index (χ3n) is 1.74. The summed E-state index contributed by atoms with van der Waals surface area (Å²) in [5.41, 5.74) is 0.997. The Morgan fingerprint density at radius 1 is 1.71 bits per heavy atom. The van der Waals surface area contributed by atoms with E-state index >= 15 is 0 Å². The van der Waals surface area contributed by atoms with E-state index in [0.717, 1.165) is 10.7 Å². The van der Waals surface area contributed by atoms with Gasteiger partial charge in [-0.15, -0.1) is 11.8 Å². The number of nitrogens with zero attached hydrogens (tertiary/aromatic N) is 2. The van der Waals surface area contributed by atoms with Gasteiger partial charge in [0.25, 0.3) is 0 Å². The average Bonchev–Trinajstić information content (AvgIpc) is 2.42. The Hall–Kier alpha value is -0.520. The van der Waals surface area contributed by atoms with Crippen LogP contribution < -0.4 is 0 Å². The Morgan fingerprint density at radius 2 is 2.43 bits per heavy atom. The quantitative estimate of drug-likeness (QED) is 0.741. The second kappa shape index (κ2) is 5.38. The van der Waals surface area contributed by atoms with E-state index < -0.39 is 6.10 Å². The summed E-state index contributed by atoms with van der Waals surface area (Å²) in [6, 6.07) is 2.00. The van der Waals surface area contributed by atoms with Crippen molar-refractivity contribution in [1.82, 2.24) is 9.78 Å². The zero-order valence-electron chi connectivity index (χ0n) is 8.73. The Balaban J connectivity index is 2.41. The second-order valence-electron chi connectivity index (χ2n) is 3.17. The number of thioether (sulfide) groups is 1. The molecule has 0 spiro atoms. The van der Waals surface area contributed by atoms with Crippen molar-refractivity contribution in [3.05, 3.63) is 11.8 Å². The standard InChI is InChI=1S/C9H16N2O2S/c1-7-4-9(11(2)10-7)14-6-8(12)5-13-3/h4,8,12H,5-6H2,1-3H3. The van der Waals surface area contributed by atoms with Gasteiger partial charge in [0.05, 0.1) is 23.4 Å². The van der Waals surface area contributed by atoms with Crippen LogP contribution in [0.1, 0.15) is 5.69 Å².